The third-order valence-corrected chi connectivity index (χ3v) is 4.14. The minimum atomic E-state index is -0.792. The molecule has 2 heterocycles. The van der Waals surface area contributed by atoms with E-state index < -0.39 is 6.10 Å². The molecule has 2 N–H and O–H groups in total. The SMILES string of the molecule is CCc1cc(N[C@@H](C)[C@@H](O)c2ccc(F)cc2)nc(-c2ccncc2)n1. The minimum Gasteiger partial charge on any atom is -0.386 e. The third-order valence-electron chi connectivity index (χ3n) is 4.14. The summed E-state index contributed by atoms with van der Waals surface area (Å²) in [6.45, 7) is 3.88. The van der Waals surface area contributed by atoms with Crippen LogP contribution in [0.15, 0.2) is 54.9 Å². The van der Waals surface area contributed by atoms with Gasteiger partial charge in [-0.15, -0.1) is 0 Å². The standard InChI is InChI=1S/C20H21FN4O/c1-3-17-12-18(25-20(24-17)15-8-10-22-11-9-15)23-13(2)19(26)14-4-6-16(21)7-5-14/h4-13,19,26H,3H2,1-2H3,(H,23,24,25)/t13-,19+/m0/s1. The lowest BCUT2D eigenvalue weighted by molar-refractivity contribution is 0.160. The van der Waals surface area contributed by atoms with Crippen LogP contribution >= 0.6 is 0 Å². The van der Waals surface area contributed by atoms with Gasteiger partial charge >= 0.3 is 0 Å². The molecule has 3 aromatic rings. The Hall–Kier alpha value is -2.86. The van der Waals surface area contributed by atoms with E-state index in [0.29, 0.717) is 17.2 Å². The topological polar surface area (TPSA) is 70.9 Å². The maximum Gasteiger partial charge on any atom is 0.161 e. The Labute approximate surface area is 152 Å². The summed E-state index contributed by atoms with van der Waals surface area (Å²) in [5.74, 6) is 0.919. The van der Waals surface area contributed by atoms with Gasteiger partial charge in [0.15, 0.2) is 5.82 Å². The van der Waals surface area contributed by atoms with Crippen molar-refractivity contribution in [2.75, 3.05) is 5.32 Å². The van der Waals surface area contributed by atoms with Crippen molar-refractivity contribution in [1.29, 1.82) is 0 Å². The molecule has 6 heteroatoms. The Morgan fingerprint density at radius 2 is 1.77 bits per heavy atom. The predicted octanol–water partition coefficient (Wildman–Crippen LogP) is 3.77. The minimum absolute atomic E-state index is 0.314. The van der Waals surface area contributed by atoms with Crippen molar-refractivity contribution in [3.63, 3.8) is 0 Å². The van der Waals surface area contributed by atoms with Crippen LogP contribution in [-0.4, -0.2) is 26.1 Å². The van der Waals surface area contributed by atoms with Crippen LogP contribution in [0.4, 0.5) is 10.2 Å². The summed E-state index contributed by atoms with van der Waals surface area (Å²) in [6, 6.07) is 11.1. The Morgan fingerprint density at radius 3 is 2.42 bits per heavy atom. The number of aromatic nitrogens is 3. The van der Waals surface area contributed by atoms with E-state index in [4.69, 9.17) is 0 Å². The Morgan fingerprint density at radius 1 is 1.08 bits per heavy atom. The monoisotopic (exact) mass is 352 g/mol. The fraction of sp³-hybridized carbons (Fsp3) is 0.250. The summed E-state index contributed by atoms with van der Waals surface area (Å²) in [6.07, 6.45) is 3.38. The van der Waals surface area contributed by atoms with Crippen LogP contribution in [-0.2, 0) is 6.42 Å². The zero-order chi connectivity index (χ0) is 18.5. The molecule has 3 rings (SSSR count). The number of pyridine rings is 1. The largest absolute Gasteiger partial charge is 0.386 e. The van der Waals surface area contributed by atoms with Crippen LogP contribution < -0.4 is 5.32 Å². The van der Waals surface area contributed by atoms with E-state index in [-0.39, 0.29) is 11.9 Å². The summed E-state index contributed by atoms with van der Waals surface area (Å²) < 4.78 is 13.1. The molecule has 0 spiro atoms. The van der Waals surface area contributed by atoms with Crippen molar-refractivity contribution in [3.8, 4) is 11.4 Å². The Bertz CT molecular complexity index is 855. The highest BCUT2D eigenvalue weighted by Gasteiger charge is 2.17. The molecule has 0 aliphatic carbocycles. The summed E-state index contributed by atoms with van der Waals surface area (Å²) >= 11 is 0. The summed E-state index contributed by atoms with van der Waals surface area (Å²) in [4.78, 5) is 13.1. The molecular weight excluding hydrogens is 331 g/mol. The van der Waals surface area contributed by atoms with E-state index in [0.717, 1.165) is 17.7 Å². The first-order valence-corrected chi connectivity index (χ1v) is 8.55. The smallest absolute Gasteiger partial charge is 0.161 e. The summed E-state index contributed by atoms with van der Waals surface area (Å²) in [5, 5.41) is 13.7. The molecule has 1 aromatic carbocycles. The first kappa shape index (κ1) is 17.9. The first-order chi connectivity index (χ1) is 12.6. The predicted molar refractivity (Wildman–Crippen MR) is 99.1 cm³/mol. The zero-order valence-electron chi connectivity index (χ0n) is 14.7. The highest BCUT2D eigenvalue weighted by Crippen LogP contribution is 2.22. The van der Waals surface area contributed by atoms with Crippen LogP contribution in [0.1, 0.15) is 31.2 Å². The number of hydrogen-bond donors (Lipinski definition) is 2. The van der Waals surface area contributed by atoms with Gasteiger partial charge in [-0.05, 0) is 43.2 Å². The number of halogens is 1. The van der Waals surface area contributed by atoms with E-state index in [1.165, 1.54) is 12.1 Å². The van der Waals surface area contributed by atoms with Crippen molar-refractivity contribution in [2.45, 2.75) is 32.4 Å². The van der Waals surface area contributed by atoms with E-state index in [2.05, 4.69) is 20.3 Å². The van der Waals surface area contributed by atoms with Crippen molar-refractivity contribution in [2.24, 2.45) is 0 Å². The molecule has 0 bridgehead atoms. The quantitative estimate of drug-likeness (QED) is 0.706. The fourth-order valence-corrected chi connectivity index (χ4v) is 2.64. The van der Waals surface area contributed by atoms with Gasteiger partial charge in [0.1, 0.15) is 11.6 Å². The number of aliphatic hydroxyl groups is 1. The zero-order valence-corrected chi connectivity index (χ0v) is 14.7. The van der Waals surface area contributed by atoms with Gasteiger partial charge < -0.3 is 10.4 Å². The molecule has 0 aliphatic rings. The molecular formula is C20H21FN4O. The van der Waals surface area contributed by atoms with Crippen LogP contribution in [0.3, 0.4) is 0 Å². The van der Waals surface area contributed by atoms with E-state index in [9.17, 15) is 9.50 Å². The van der Waals surface area contributed by atoms with Gasteiger partial charge in [0.25, 0.3) is 0 Å². The number of aryl methyl sites for hydroxylation is 1. The van der Waals surface area contributed by atoms with Gasteiger partial charge in [0, 0.05) is 29.7 Å². The molecule has 0 fully saturated rings. The molecule has 0 aliphatic heterocycles. The molecule has 0 radical (unpaired) electrons. The maximum atomic E-state index is 13.1. The highest BCUT2D eigenvalue weighted by molar-refractivity contribution is 5.57. The van der Waals surface area contributed by atoms with Crippen LogP contribution in [0.2, 0.25) is 0 Å². The van der Waals surface area contributed by atoms with Crippen LogP contribution in [0.25, 0.3) is 11.4 Å². The van der Waals surface area contributed by atoms with Crippen LogP contribution in [0.5, 0.6) is 0 Å². The number of benzene rings is 1. The fourth-order valence-electron chi connectivity index (χ4n) is 2.64. The Balaban J connectivity index is 1.83. The second-order valence-electron chi connectivity index (χ2n) is 6.09. The van der Waals surface area contributed by atoms with E-state index in [1.807, 2.05) is 32.0 Å². The molecule has 0 unspecified atom stereocenters. The maximum absolute atomic E-state index is 13.1. The number of rotatable bonds is 6. The van der Waals surface area contributed by atoms with Gasteiger partial charge in [-0.3, -0.25) is 4.98 Å². The summed E-state index contributed by atoms with van der Waals surface area (Å²) in [7, 11) is 0. The number of hydrogen-bond acceptors (Lipinski definition) is 5. The van der Waals surface area contributed by atoms with Crippen molar-refractivity contribution >= 4 is 5.82 Å². The summed E-state index contributed by atoms with van der Waals surface area (Å²) in [5.41, 5.74) is 2.42. The van der Waals surface area contributed by atoms with Gasteiger partial charge in [0.05, 0.1) is 12.1 Å². The lowest BCUT2D eigenvalue weighted by Crippen LogP contribution is -2.25. The number of nitrogens with one attached hydrogen (secondary N) is 1. The normalized spacial score (nSPS) is 13.2. The molecule has 26 heavy (non-hydrogen) atoms. The van der Waals surface area contributed by atoms with Gasteiger partial charge in [0.2, 0.25) is 0 Å². The molecule has 134 valence electrons. The first-order valence-electron chi connectivity index (χ1n) is 8.55. The van der Waals surface area contributed by atoms with Crippen molar-refractivity contribution in [1.82, 2.24) is 15.0 Å². The lowest BCUT2D eigenvalue weighted by atomic mass is 10.0. The molecule has 2 aromatic heterocycles. The van der Waals surface area contributed by atoms with Gasteiger partial charge in [-0.2, -0.15) is 0 Å². The third kappa shape index (κ3) is 4.21. The second-order valence-corrected chi connectivity index (χ2v) is 6.09. The molecule has 5 nitrogen and oxygen atoms in total. The van der Waals surface area contributed by atoms with Crippen LogP contribution in [0, 0.1) is 5.82 Å². The van der Waals surface area contributed by atoms with Gasteiger partial charge in [-0.1, -0.05) is 19.1 Å². The van der Waals surface area contributed by atoms with E-state index >= 15 is 0 Å². The number of aliphatic hydroxyl groups excluding tert-OH is 1. The molecule has 2 atom stereocenters. The molecule has 0 saturated heterocycles. The van der Waals surface area contributed by atoms with Crippen molar-refractivity contribution < 1.29 is 9.50 Å². The van der Waals surface area contributed by atoms with Gasteiger partial charge in [-0.25, -0.2) is 14.4 Å². The van der Waals surface area contributed by atoms with Crippen molar-refractivity contribution in [3.05, 3.63) is 71.9 Å². The number of nitrogens with zero attached hydrogens (tertiary/aromatic N) is 3. The second kappa shape index (κ2) is 8.01. The average Bonchev–Trinajstić information content (AvgIpc) is 2.68. The lowest BCUT2D eigenvalue weighted by Gasteiger charge is -2.21. The molecule has 0 saturated carbocycles. The number of anilines is 1. The average molecular weight is 352 g/mol. The van der Waals surface area contributed by atoms with E-state index in [1.54, 1.807) is 24.5 Å². The highest BCUT2D eigenvalue weighted by atomic mass is 19.1. The Kier molecular flexibility index (Phi) is 5.53. The molecule has 0 amide bonds.